The van der Waals surface area contributed by atoms with E-state index in [1.807, 2.05) is 29.2 Å². The van der Waals surface area contributed by atoms with Crippen molar-refractivity contribution in [3.05, 3.63) is 29.8 Å². The third-order valence-corrected chi connectivity index (χ3v) is 3.81. The highest BCUT2D eigenvalue weighted by Crippen LogP contribution is 2.24. The van der Waals surface area contributed by atoms with Gasteiger partial charge in [0.2, 0.25) is 0 Å². The zero-order valence-electron chi connectivity index (χ0n) is 11.5. The van der Waals surface area contributed by atoms with Gasteiger partial charge in [0.15, 0.2) is 0 Å². The van der Waals surface area contributed by atoms with Crippen molar-refractivity contribution < 1.29 is 9.53 Å². The van der Waals surface area contributed by atoms with Crippen molar-refractivity contribution >= 4 is 5.91 Å². The van der Waals surface area contributed by atoms with Crippen molar-refractivity contribution in [2.24, 2.45) is 11.7 Å². The molecule has 0 unspecified atom stereocenters. The van der Waals surface area contributed by atoms with Gasteiger partial charge in [-0.3, -0.25) is 4.79 Å². The largest absolute Gasteiger partial charge is 0.496 e. The highest BCUT2D eigenvalue weighted by Gasteiger charge is 2.24. The summed E-state index contributed by atoms with van der Waals surface area (Å²) in [6, 6.07) is 7.40. The third-order valence-electron chi connectivity index (χ3n) is 3.81. The van der Waals surface area contributed by atoms with E-state index in [0.717, 1.165) is 38.9 Å². The molecule has 0 radical (unpaired) electrons. The molecular weight excluding hydrogens is 240 g/mol. The summed E-state index contributed by atoms with van der Waals surface area (Å²) in [4.78, 5) is 14.4. The summed E-state index contributed by atoms with van der Waals surface area (Å²) in [6.07, 6.45) is 3.17. The van der Waals surface area contributed by atoms with E-state index in [0.29, 0.717) is 17.2 Å². The summed E-state index contributed by atoms with van der Waals surface area (Å²) >= 11 is 0. The van der Waals surface area contributed by atoms with Crippen LogP contribution in [0.15, 0.2) is 24.3 Å². The molecule has 1 aromatic carbocycles. The molecule has 0 aromatic heterocycles. The first-order valence-corrected chi connectivity index (χ1v) is 6.88. The van der Waals surface area contributed by atoms with Gasteiger partial charge in [-0.25, -0.2) is 0 Å². The SMILES string of the molecule is COc1ccccc1C(=O)N1CCC(CCN)CC1. The fourth-order valence-corrected chi connectivity index (χ4v) is 2.65. The topological polar surface area (TPSA) is 55.6 Å². The molecule has 19 heavy (non-hydrogen) atoms. The minimum atomic E-state index is 0.0728. The lowest BCUT2D eigenvalue weighted by Crippen LogP contribution is -2.39. The van der Waals surface area contributed by atoms with Crippen LogP contribution in [0.25, 0.3) is 0 Å². The number of hydrogen-bond acceptors (Lipinski definition) is 3. The molecule has 0 atom stereocenters. The lowest BCUT2D eigenvalue weighted by atomic mass is 9.93. The number of nitrogens with two attached hydrogens (primary N) is 1. The molecule has 1 saturated heterocycles. The smallest absolute Gasteiger partial charge is 0.257 e. The van der Waals surface area contributed by atoms with Gasteiger partial charge in [-0.1, -0.05) is 12.1 Å². The third kappa shape index (κ3) is 3.26. The number of benzene rings is 1. The first kappa shape index (κ1) is 13.9. The molecule has 1 fully saturated rings. The number of hydrogen-bond donors (Lipinski definition) is 1. The number of methoxy groups -OCH3 is 1. The van der Waals surface area contributed by atoms with Crippen LogP contribution in [-0.2, 0) is 0 Å². The maximum Gasteiger partial charge on any atom is 0.257 e. The lowest BCUT2D eigenvalue weighted by molar-refractivity contribution is 0.0684. The molecule has 0 saturated carbocycles. The Bertz CT molecular complexity index is 426. The van der Waals surface area contributed by atoms with Gasteiger partial charge in [0, 0.05) is 13.1 Å². The number of nitrogens with zero attached hydrogens (tertiary/aromatic N) is 1. The van der Waals surface area contributed by atoms with Crippen molar-refractivity contribution in [3.8, 4) is 5.75 Å². The number of amides is 1. The van der Waals surface area contributed by atoms with E-state index in [9.17, 15) is 4.79 Å². The van der Waals surface area contributed by atoms with Crippen LogP contribution in [0, 0.1) is 5.92 Å². The van der Waals surface area contributed by atoms with Crippen LogP contribution in [0.2, 0.25) is 0 Å². The van der Waals surface area contributed by atoms with Crippen LogP contribution in [0.1, 0.15) is 29.6 Å². The Morgan fingerprint density at radius 3 is 2.68 bits per heavy atom. The van der Waals surface area contributed by atoms with E-state index < -0.39 is 0 Å². The van der Waals surface area contributed by atoms with Gasteiger partial charge in [-0.05, 0) is 43.9 Å². The highest BCUT2D eigenvalue weighted by atomic mass is 16.5. The quantitative estimate of drug-likeness (QED) is 0.901. The predicted octanol–water partition coefficient (Wildman–Crippen LogP) is 1.90. The van der Waals surface area contributed by atoms with Crippen LogP contribution in [0.4, 0.5) is 0 Å². The van der Waals surface area contributed by atoms with Gasteiger partial charge in [-0.15, -0.1) is 0 Å². The molecule has 1 heterocycles. The van der Waals surface area contributed by atoms with Gasteiger partial charge < -0.3 is 15.4 Å². The van der Waals surface area contributed by atoms with Gasteiger partial charge in [0.25, 0.3) is 5.91 Å². The summed E-state index contributed by atoms with van der Waals surface area (Å²) in [5.74, 6) is 1.40. The number of ether oxygens (including phenoxy) is 1. The van der Waals surface area contributed by atoms with Crippen LogP contribution in [0.3, 0.4) is 0 Å². The molecule has 4 nitrogen and oxygen atoms in total. The van der Waals surface area contributed by atoms with E-state index in [-0.39, 0.29) is 5.91 Å². The molecule has 4 heteroatoms. The number of carbonyl (C=O) groups excluding carboxylic acids is 1. The van der Waals surface area contributed by atoms with Gasteiger partial charge in [-0.2, -0.15) is 0 Å². The Morgan fingerprint density at radius 2 is 2.05 bits per heavy atom. The van der Waals surface area contributed by atoms with Gasteiger partial charge >= 0.3 is 0 Å². The summed E-state index contributed by atoms with van der Waals surface area (Å²) in [5, 5.41) is 0. The second-order valence-corrected chi connectivity index (χ2v) is 5.01. The van der Waals surface area contributed by atoms with Crippen molar-refractivity contribution in [3.63, 3.8) is 0 Å². The first-order chi connectivity index (χ1) is 9.26. The van der Waals surface area contributed by atoms with E-state index >= 15 is 0 Å². The predicted molar refractivity (Wildman–Crippen MR) is 75.3 cm³/mol. The Morgan fingerprint density at radius 1 is 1.37 bits per heavy atom. The van der Waals surface area contributed by atoms with Crippen molar-refractivity contribution in [2.45, 2.75) is 19.3 Å². The highest BCUT2D eigenvalue weighted by molar-refractivity contribution is 5.97. The number of likely N-dealkylation sites (tertiary alicyclic amines) is 1. The zero-order chi connectivity index (χ0) is 13.7. The molecule has 104 valence electrons. The second kappa shape index (κ2) is 6.57. The van der Waals surface area contributed by atoms with E-state index in [2.05, 4.69) is 0 Å². The molecule has 0 spiro atoms. The summed E-state index contributed by atoms with van der Waals surface area (Å²) in [5.41, 5.74) is 6.24. The summed E-state index contributed by atoms with van der Waals surface area (Å²) < 4.78 is 5.25. The number of piperidine rings is 1. The number of carbonyl (C=O) groups is 1. The van der Waals surface area contributed by atoms with Crippen molar-refractivity contribution in [1.82, 2.24) is 4.90 Å². The van der Waals surface area contributed by atoms with Crippen molar-refractivity contribution in [1.29, 1.82) is 0 Å². The first-order valence-electron chi connectivity index (χ1n) is 6.88. The minimum absolute atomic E-state index is 0.0728. The van der Waals surface area contributed by atoms with Crippen molar-refractivity contribution in [2.75, 3.05) is 26.7 Å². The molecule has 2 N–H and O–H groups in total. The molecule has 1 aliphatic rings. The van der Waals surface area contributed by atoms with Crippen LogP contribution in [-0.4, -0.2) is 37.6 Å². The van der Waals surface area contributed by atoms with E-state index in [1.165, 1.54) is 0 Å². The van der Waals surface area contributed by atoms with Gasteiger partial charge in [0.1, 0.15) is 5.75 Å². The lowest BCUT2D eigenvalue weighted by Gasteiger charge is -2.32. The molecule has 2 rings (SSSR count). The minimum Gasteiger partial charge on any atom is -0.496 e. The summed E-state index contributed by atoms with van der Waals surface area (Å²) in [7, 11) is 1.60. The average molecular weight is 262 g/mol. The standard InChI is InChI=1S/C15H22N2O2/c1-19-14-5-3-2-4-13(14)15(18)17-10-7-12(6-9-16)8-11-17/h2-5,12H,6-11,16H2,1H3. The Labute approximate surface area is 114 Å². The fraction of sp³-hybridized carbons (Fsp3) is 0.533. The maximum absolute atomic E-state index is 12.5. The average Bonchev–Trinajstić information content (AvgIpc) is 2.47. The Balaban J connectivity index is 2.01. The molecule has 0 aliphatic carbocycles. The van der Waals surface area contributed by atoms with Gasteiger partial charge in [0.05, 0.1) is 12.7 Å². The summed E-state index contributed by atoms with van der Waals surface area (Å²) in [6.45, 7) is 2.38. The molecule has 0 bridgehead atoms. The Kier molecular flexibility index (Phi) is 4.80. The Hall–Kier alpha value is -1.55. The van der Waals surface area contributed by atoms with Crippen LogP contribution in [0.5, 0.6) is 5.75 Å². The molecule has 1 aliphatic heterocycles. The van der Waals surface area contributed by atoms with Crippen LogP contribution >= 0.6 is 0 Å². The number of para-hydroxylation sites is 1. The zero-order valence-corrected chi connectivity index (χ0v) is 11.5. The maximum atomic E-state index is 12.5. The fourth-order valence-electron chi connectivity index (χ4n) is 2.65. The second-order valence-electron chi connectivity index (χ2n) is 5.01. The monoisotopic (exact) mass is 262 g/mol. The van der Waals surface area contributed by atoms with E-state index in [4.69, 9.17) is 10.5 Å². The van der Waals surface area contributed by atoms with Crippen LogP contribution < -0.4 is 10.5 Å². The molecule has 1 aromatic rings. The normalized spacial score (nSPS) is 16.4. The number of rotatable bonds is 4. The van der Waals surface area contributed by atoms with E-state index in [1.54, 1.807) is 7.11 Å². The molecule has 1 amide bonds. The molecular formula is C15H22N2O2.